The first-order valence-corrected chi connectivity index (χ1v) is 6.32. The first-order valence-electron chi connectivity index (χ1n) is 6.32. The van der Waals surface area contributed by atoms with Gasteiger partial charge in [0.05, 0.1) is 24.9 Å². The van der Waals surface area contributed by atoms with Gasteiger partial charge in [-0.05, 0) is 26.2 Å². The number of carbonyl (C=O) groups is 1. The van der Waals surface area contributed by atoms with E-state index in [2.05, 4.69) is 5.10 Å². The van der Waals surface area contributed by atoms with Crippen LogP contribution < -0.4 is 5.73 Å². The minimum atomic E-state index is -0.474. The van der Waals surface area contributed by atoms with Gasteiger partial charge in [0.25, 0.3) is 0 Å². The third kappa shape index (κ3) is 3.01. The number of rotatable bonds is 4. The molecule has 2 heterocycles. The molecule has 1 aliphatic heterocycles. The SMILES string of the molecule is CCOC(=O)c1nn(CC2CCCCO2)cc1N. The molecule has 1 atom stereocenters. The zero-order valence-corrected chi connectivity index (χ0v) is 10.6. The Kier molecular flexibility index (Phi) is 4.19. The third-order valence-corrected chi connectivity index (χ3v) is 2.92. The molecule has 6 heteroatoms. The predicted octanol–water partition coefficient (Wildman–Crippen LogP) is 1.21. The van der Waals surface area contributed by atoms with E-state index in [1.165, 1.54) is 6.42 Å². The summed E-state index contributed by atoms with van der Waals surface area (Å²) in [5.74, 6) is -0.474. The minimum absolute atomic E-state index is 0.160. The molecule has 0 aromatic carbocycles. The molecule has 2 rings (SSSR count). The van der Waals surface area contributed by atoms with Crippen LogP contribution >= 0.6 is 0 Å². The van der Waals surface area contributed by atoms with Gasteiger partial charge >= 0.3 is 5.97 Å². The Morgan fingerprint density at radius 3 is 3.17 bits per heavy atom. The summed E-state index contributed by atoms with van der Waals surface area (Å²) >= 11 is 0. The van der Waals surface area contributed by atoms with Crippen molar-refractivity contribution in [1.29, 1.82) is 0 Å². The molecule has 2 N–H and O–H groups in total. The van der Waals surface area contributed by atoms with E-state index in [0.717, 1.165) is 19.4 Å². The van der Waals surface area contributed by atoms with E-state index in [9.17, 15) is 4.79 Å². The highest BCUT2D eigenvalue weighted by Gasteiger charge is 2.19. The fraction of sp³-hybridized carbons (Fsp3) is 0.667. The molecule has 1 fully saturated rings. The van der Waals surface area contributed by atoms with Crippen molar-refractivity contribution in [3.63, 3.8) is 0 Å². The van der Waals surface area contributed by atoms with Gasteiger partial charge in [0, 0.05) is 12.8 Å². The average Bonchev–Trinajstić information content (AvgIpc) is 2.72. The van der Waals surface area contributed by atoms with Crippen LogP contribution in [0.4, 0.5) is 5.69 Å². The number of carbonyl (C=O) groups excluding carboxylic acids is 1. The van der Waals surface area contributed by atoms with Gasteiger partial charge in [-0.2, -0.15) is 5.10 Å². The van der Waals surface area contributed by atoms with E-state index in [0.29, 0.717) is 18.8 Å². The van der Waals surface area contributed by atoms with Gasteiger partial charge in [0.1, 0.15) is 0 Å². The second kappa shape index (κ2) is 5.86. The Bertz CT molecular complexity index is 411. The van der Waals surface area contributed by atoms with E-state index in [4.69, 9.17) is 15.2 Å². The smallest absolute Gasteiger partial charge is 0.361 e. The van der Waals surface area contributed by atoms with Crippen LogP contribution in [-0.2, 0) is 16.0 Å². The van der Waals surface area contributed by atoms with Crippen LogP contribution in [0, 0.1) is 0 Å². The molecule has 18 heavy (non-hydrogen) atoms. The Morgan fingerprint density at radius 2 is 2.50 bits per heavy atom. The lowest BCUT2D eigenvalue weighted by atomic mass is 10.1. The highest BCUT2D eigenvalue weighted by molar-refractivity contribution is 5.92. The topological polar surface area (TPSA) is 79.4 Å². The molecule has 0 saturated carbocycles. The number of nitrogens with zero attached hydrogens (tertiary/aromatic N) is 2. The summed E-state index contributed by atoms with van der Waals surface area (Å²) in [6.07, 6.45) is 5.13. The van der Waals surface area contributed by atoms with Gasteiger partial charge in [0.2, 0.25) is 0 Å². The summed E-state index contributed by atoms with van der Waals surface area (Å²) in [6.45, 7) is 3.49. The highest BCUT2D eigenvalue weighted by Crippen LogP contribution is 2.16. The van der Waals surface area contributed by atoms with E-state index < -0.39 is 5.97 Å². The predicted molar refractivity (Wildman–Crippen MR) is 66.2 cm³/mol. The van der Waals surface area contributed by atoms with E-state index in [1.54, 1.807) is 17.8 Å². The Balaban J connectivity index is 2.01. The fourth-order valence-corrected chi connectivity index (χ4v) is 2.05. The van der Waals surface area contributed by atoms with Crippen molar-refractivity contribution >= 4 is 11.7 Å². The summed E-state index contributed by atoms with van der Waals surface area (Å²) in [5.41, 5.74) is 6.29. The molecule has 1 aromatic rings. The van der Waals surface area contributed by atoms with Crippen LogP contribution in [0.3, 0.4) is 0 Å². The Hall–Kier alpha value is -1.56. The Morgan fingerprint density at radius 1 is 1.67 bits per heavy atom. The lowest BCUT2D eigenvalue weighted by molar-refractivity contribution is 0.00383. The second-order valence-electron chi connectivity index (χ2n) is 4.36. The Labute approximate surface area is 106 Å². The molecular formula is C12H19N3O3. The molecule has 1 unspecified atom stereocenters. The number of hydrogen-bond donors (Lipinski definition) is 1. The molecule has 0 spiro atoms. The van der Waals surface area contributed by atoms with Crippen molar-refractivity contribution in [2.24, 2.45) is 0 Å². The molecule has 0 amide bonds. The molecule has 100 valence electrons. The number of ether oxygens (including phenoxy) is 2. The lowest BCUT2D eigenvalue weighted by Gasteiger charge is -2.22. The molecule has 0 aliphatic carbocycles. The van der Waals surface area contributed by atoms with Gasteiger partial charge in [0.15, 0.2) is 5.69 Å². The van der Waals surface area contributed by atoms with Crippen molar-refractivity contribution in [1.82, 2.24) is 9.78 Å². The summed E-state index contributed by atoms with van der Waals surface area (Å²) in [7, 11) is 0. The number of nitrogens with two attached hydrogens (primary N) is 1. The molecule has 1 aliphatic rings. The molecule has 0 radical (unpaired) electrons. The van der Waals surface area contributed by atoms with Crippen LogP contribution in [0.2, 0.25) is 0 Å². The van der Waals surface area contributed by atoms with Crippen molar-refractivity contribution in [2.45, 2.75) is 38.8 Å². The van der Waals surface area contributed by atoms with Crippen molar-refractivity contribution in [3.05, 3.63) is 11.9 Å². The van der Waals surface area contributed by atoms with Gasteiger partial charge in [-0.1, -0.05) is 0 Å². The van der Waals surface area contributed by atoms with Gasteiger partial charge < -0.3 is 15.2 Å². The number of anilines is 1. The number of esters is 1. The molecular weight excluding hydrogens is 234 g/mol. The summed E-state index contributed by atoms with van der Waals surface area (Å²) in [4.78, 5) is 11.6. The van der Waals surface area contributed by atoms with Crippen LogP contribution in [0.1, 0.15) is 36.7 Å². The zero-order valence-electron chi connectivity index (χ0n) is 10.6. The van der Waals surface area contributed by atoms with Gasteiger partial charge in [-0.15, -0.1) is 0 Å². The largest absolute Gasteiger partial charge is 0.461 e. The van der Waals surface area contributed by atoms with Crippen molar-refractivity contribution in [3.8, 4) is 0 Å². The number of aromatic nitrogens is 2. The van der Waals surface area contributed by atoms with Gasteiger partial charge in [-0.3, -0.25) is 4.68 Å². The van der Waals surface area contributed by atoms with Crippen LogP contribution in [0.25, 0.3) is 0 Å². The first-order chi connectivity index (χ1) is 8.70. The maximum absolute atomic E-state index is 11.6. The van der Waals surface area contributed by atoms with Gasteiger partial charge in [-0.25, -0.2) is 4.79 Å². The van der Waals surface area contributed by atoms with Crippen LogP contribution in [0.5, 0.6) is 0 Å². The molecule has 1 saturated heterocycles. The average molecular weight is 253 g/mol. The highest BCUT2D eigenvalue weighted by atomic mass is 16.5. The molecule has 1 aromatic heterocycles. The lowest BCUT2D eigenvalue weighted by Crippen LogP contribution is -2.24. The zero-order chi connectivity index (χ0) is 13.0. The van der Waals surface area contributed by atoms with Crippen LogP contribution in [-0.4, -0.2) is 35.1 Å². The van der Waals surface area contributed by atoms with Crippen molar-refractivity contribution in [2.75, 3.05) is 18.9 Å². The summed E-state index contributed by atoms with van der Waals surface area (Å²) < 4.78 is 12.2. The molecule has 6 nitrogen and oxygen atoms in total. The van der Waals surface area contributed by atoms with Crippen molar-refractivity contribution < 1.29 is 14.3 Å². The third-order valence-electron chi connectivity index (χ3n) is 2.92. The minimum Gasteiger partial charge on any atom is -0.461 e. The normalized spacial score (nSPS) is 19.7. The summed E-state index contributed by atoms with van der Waals surface area (Å²) in [5, 5.41) is 4.16. The molecule has 0 bridgehead atoms. The monoisotopic (exact) mass is 253 g/mol. The van der Waals surface area contributed by atoms with E-state index in [-0.39, 0.29) is 11.8 Å². The first kappa shape index (κ1) is 12.9. The van der Waals surface area contributed by atoms with Crippen LogP contribution in [0.15, 0.2) is 6.20 Å². The van der Waals surface area contributed by atoms with E-state index >= 15 is 0 Å². The second-order valence-corrected chi connectivity index (χ2v) is 4.36. The number of nitrogen functional groups attached to an aromatic ring is 1. The fourth-order valence-electron chi connectivity index (χ4n) is 2.05. The maximum atomic E-state index is 11.6. The van der Waals surface area contributed by atoms with E-state index in [1.807, 2.05) is 0 Å². The quantitative estimate of drug-likeness (QED) is 0.816. The maximum Gasteiger partial charge on any atom is 0.361 e. The number of hydrogen-bond acceptors (Lipinski definition) is 5. The summed E-state index contributed by atoms with van der Waals surface area (Å²) in [6, 6.07) is 0. The standard InChI is InChI=1S/C12H19N3O3/c1-2-17-12(16)11-10(13)8-15(14-11)7-9-5-3-4-6-18-9/h8-9H,2-7,13H2,1H3.